The van der Waals surface area contributed by atoms with Gasteiger partial charge in [-0.15, -0.1) is 11.3 Å². The summed E-state index contributed by atoms with van der Waals surface area (Å²) in [6, 6.07) is 7.78. The Hall–Kier alpha value is -1.32. The van der Waals surface area contributed by atoms with Crippen LogP contribution in [0.15, 0.2) is 29.6 Å². The number of rotatable bonds is 1. The van der Waals surface area contributed by atoms with E-state index in [2.05, 4.69) is 28.3 Å². The van der Waals surface area contributed by atoms with E-state index in [0.717, 1.165) is 22.4 Å². The molecule has 1 aromatic carbocycles. The molecule has 3 aromatic rings. The van der Waals surface area contributed by atoms with Gasteiger partial charge in [-0.25, -0.2) is 4.98 Å². The van der Waals surface area contributed by atoms with E-state index in [-0.39, 0.29) is 0 Å². The second-order valence-electron chi connectivity index (χ2n) is 3.64. The molecule has 0 atom stereocenters. The van der Waals surface area contributed by atoms with E-state index in [9.17, 15) is 0 Å². The Morgan fingerprint density at radius 1 is 1.31 bits per heavy atom. The van der Waals surface area contributed by atoms with Gasteiger partial charge in [0.25, 0.3) is 0 Å². The first-order valence-electron chi connectivity index (χ1n) is 4.94. The largest absolute Gasteiger partial charge is 0.338 e. The van der Waals surface area contributed by atoms with Crippen molar-refractivity contribution in [2.45, 2.75) is 6.92 Å². The van der Waals surface area contributed by atoms with Crippen molar-refractivity contribution >= 4 is 34.0 Å². The summed E-state index contributed by atoms with van der Waals surface area (Å²) in [6.45, 7) is 2.10. The van der Waals surface area contributed by atoms with E-state index in [4.69, 9.17) is 11.6 Å². The van der Waals surface area contributed by atoms with E-state index in [1.807, 2.05) is 18.2 Å². The van der Waals surface area contributed by atoms with Crippen LogP contribution in [0.1, 0.15) is 4.88 Å². The van der Waals surface area contributed by atoms with Crippen LogP contribution in [0.2, 0.25) is 5.02 Å². The van der Waals surface area contributed by atoms with Gasteiger partial charge in [0.05, 0.1) is 11.0 Å². The lowest BCUT2D eigenvalue weighted by molar-refractivity contribution is 1.33. The van der Waals surface area contributed by atoms with Gasteiger partial charge in [-0.1, -0.05) is 11.6 Å². The second-order valence-corrected chi connectivity index (χ2v) is 5.19. The SMILES string of the molecule is Cc1sccc1-c1nc2cc(Cl)ccc2[nH]1. The summed E-state index contributed by atoms with van der Waals surface area (Å²) in [5, 5.41) is 2.79. The van der Waals surface area contributed by atoms with E-state index < -0.39 is 0 Å². The molecule has 0 aliphatic rings. The Balaban J connectivity index is 2.23. The molecule has 0 fully saturated rings. The first-order valence-corrected chi connectivity index (χ1v) is 6.19. The molecule has 1 N–H and O–H groups in total. The molecule has 2 heterocycles. The van der Waals surface area contributed by atoms with E-state index in [1.165, 1.54) is 4.88 Å². The van der Waals surface area contributed by atoms with Crippen LogP contribution >= 0.6 is 22.9 Å². The minimum Gasteiger partial charge on any atom is -0.338 e. The molecule has 0 unspecified atom stereocenters. The molecule has 0 saturated heterocycles. The summed E-state index contributed by atoms with van der Waals surface area (Å²) < 4.78 is 0. The molecule has 0 saturated carbocycles. The molecule has 2 nitrogen and oxygen atoms in total. The normalized spacial score (nSPS) is 11.1. The molecule has 80 valence electrons. The number of hydrogen-bond donors (Lipinski definition) is 1. The Bertz CT molecular complexity index is 654. The van der Waals surface area contributed by atoms with Gasteiger partial charge in [-0.2, -0.15) is 0 Å². The van der Waals surface area contributed by atoms with E-state index in [0.29, 0.717) is 5.02 Å². The third-order valence-corrected chi connectivity index (χ3v) is 3.64. The van der Waals surface area contributed by atoms with Gasteiger partial charge < -0.3 is 4.98 Å². The number of benzene rings is 1. The van der Waals surface area contributed by atoms with Crippen molar-refractivity contribution in [3.8, 4) is 11.4 Å². The molecule has 0 aliphatic carbocycles. The van der Waals surface area contributed by atoms with E-state index in [1.54, 1.807) is 11.3 Å². The smallest absolute Gasteiger partial charge is 0.139 e. The first kappa shape index (κ1) is 9.87. The zero-order chi connectivity index (χ0) is 11.1. The van der Waals surface area contributed by atoms with Crippen molar-refractivity contribution in [1.29, 1.82) is 0 Å². The third kappa shape index (κ3) is 1.52. The monoisotopic (exact) mass is 248 g/mol. The average Bonchev–Trinajstić information content (AvgIpc) is 2.82. The van der Waals surface area contributed by atoms with Crippen molar-refractivity contribution in [2.24, 2.45) is 0 Å². The number of aromatic nitrogens is 2. The maximum absolute atomic E-state index is 5.93. The zero-order valence-electron chi connectivity index (χ0n) is 8.62. The number of H-pyrrole nitrogens is 1. The minimum absolute atomic E-state index is 0.715. The molecule has 0 bridgehead atoms. The van der Waals surface area contributed by atoms with Gasteiger partial charge in [-0.05, 0) is 36.6 Å². The maximum Gasteiger partial charge on any atom is 0.139 e. The Morgan fingerprint density at radius 2 is 2.19 bits per heavy atom. The van der Waals surface area contributed by atoms with Crippen LogP contribution in [0.4, 0.5) is 0 Å². The van der Waals surface area contributed by atoms with Crippen LogP contribution in [0, 0.1) is 6.92 Å². The summed E-state index contributed by atoms with van der Waals surface area (Å²) in [5.74, 6) is 0.913. The Labute approximate surface area is 102 Å². The lowest BCUT2D eigenvalue weighted by Crippen LogP contribution is -1.78. The van der Waals surface area contributed by atoms with Gasteiger partial charge in [0.15, 0.2) is 0 Å². The van der Waals surface area contributed by atoms with Crippen LogP contribution in [0.25, 0.3) is 22.4 Å². The van der Waals surface area contributed by atoms with Crippen LogP contribution in [0.3, 0.4) is 0 Å². The van der Waals surface area contributed by atoms with Crippen molar-refractivity contribution < 1.29 is 0 Å². The molecule has 0 amide bonds. The fourth-order valence-corrected chi connectivity index (χ4v) is 2.60. The van der Waals surface area contributed by atoms with Crippen LogP contribution in [-0.2, 0) is 0 Å². The predicted molar refractivity (Wildman–Crippen MR) is 69.2 cm³/mol. The average molecular weight is 249 g/mol. The second kappa shape index (κ2) is 3.61. The van der Waals surface area contributed by atoms with Crippen molar-refractivity contribution in [3.63, 3.8) is 0 Å². The number of fused-ring (bicyclic) bond motifs is 1. The quantitative estimate of drug-likeness (QED) is 0.685. The fraction of sp³-hybridized carbons (Fsp3) is 0.0833. The highest BCUT2D eigenvalue weighted by molar-refractivity contribution is 7.10. The summed E-state index contributed by atoms with van der Waals surface area (Å²) in [6.07, 6.45) is 0. The number of hydrogen-bond acceptors (Lipinski definition) is 2. The number of aromatic amines is 1. The highest BCUT2D eigenvalue weighted by Crippen LogP contribution is 2.27. The number of halogens is 1. The molecule has 0 radical (unpaired) electrons. The molecule has 0 spiro atoms. The predicted octanol–water partition coefficient (Wildman–Crippen LogP) is 4.25. The molecule has 4 heteroatoms. The van der Waals surface area contributed by atoms with Crippen molar-refractivity contribution in [1.82, 2.24) is 9.97 Å². The first-order chi connectivity index (χ1) is 7.74. The fourth-order valence-electron chi connectivity index (χ4n) is 1.74. The molecular weight excluding hydrogens is 240 g/mol. The standard InChI is InChI=1S/C12H9ClN2S/c1-7-9(4-5-16-7)12-14-10-3-2-8(13)6-11(10)15-12/h2-6H,1H3,(H,14,15). The molecule has 0 aliphatic heterocycles. The zero-order valence-corrected chi connectivity index (χ0v) is 10.2. The van der Waals surface area contributed by atoms with Gasteiger partial charge in [0.1, 0.15) is 5.82 Å². The van der Waals surface area contributed by atoms with Gasteiger partial charge in [0, 0.05) is 15.5 Å². The highest BCUT2D eigenvalue weighted by Gasteiger charge is 2.08. The van der Waals surface area contributed by atoms with Gasteiger partial charge in [0.2, 0.25) is 0 Å². The number of nitrogens with one attached hydrogen (secondary N) is 1. The summed E-state index contributed by atoms with van der Waals surface area (Å²) in [7, 11) is 0. The molecule has 2 aromatic heterocycles. The maximum atomic E-state index is 5.93. The molecule has 3 rings (SSSR count). The van der Waals surface area contributed by atoms with Crippen LogP contribution in [0.5, 0.6) is 0 Å². The summed E-state index contributed by atoms with van der Waals surface area (Å²) >= 11 is 7.66. The number of thiophene rings is 1. The van der Waals surface area contributed by atoms with Crippen LogP contribution < -0.4 is 0 Å². The highest BCUT2D eigenvalue weighted by atomic mass is 35.5. The minimum atomic E-state index is 0.715. The lowest BCUT2D eigenvalue weighted by Gasteiger charge is -1.92. The van der Waals surface area contributed by atoms with Crippen molar-refractivity contribution in [2.75, 3.05) is 0 Å². The summed E-state index contributed by atoms with van der Waals surface area (Å²) in [4.78, 5) is 9.12. The van der Waals surface area contributed by atoms with Gasteiger partial charge >= 0.3 is 0 Å². The third-order valence-electron chi connectivity index (χ3n) is 2.56. The lowest BCUT2D eigenvalue weighted by atomic mass is 10.2. The number of nitrogens with zero attached hydrogens (tertiary/aromatic N) is 1. The van der Waals surface area contributed by atoms with Crippen molar-refractivity contribution in [3.05, 3.63) is 39.5 Å². The van der Waals surface area contributed by atoms with Gasteiger partial charge in [-0.3, -0.25) is 0 Å². The summed E-state index contributed by atoms with van der Waals surface area (Å²) in [5.41, 5.74) is 3.09. The Morgan fingerprint density at radius 3 is 2.94 bits per heavy atom. The van der Waals surface area contributed by atoms with E-state index >= 15 is 0 Å². The Kier molecular flexibility index (Phi) is 2.23. The number of aryl methyl sites for hydroxylation is 1. The number of imidazole rings is 1. The molecule has 16 heavy (non-hydrogen) atoms. The molecular formula is C12H9ClN2S. The van der Waals surface area contributed by atoms with Crippen LogP contribution in [-0.4, -0.2) is 9.97 Å². The topological polar surface area (TPSA) is 28.7 Å².